The minimum absolute atomic E-state index is 0.126. The van der Waals surface area contributed by atoms with E-state index in [0.717, 1.165) is 4.90 Å². The standard InChI is InChI=1S/C15H13NO4S/c1-2-20-15(17)11-8-12(16(18)19)10-14(9-11)21-13-6-4-3-5-7-13/h3-10H,2H2,1H3. The third-order valence-corrected chi connectivity index (χ3v) is 3.57. The van der Waals surface area contributed by atoms with E-state index in [9.17, 15) is 14.9 Å². The van der Waals surface area contributed by atoms with Gasteiger partial charge in [-0.15, -0.1) is 0 Å². The first-order valence-corrected chi connectivity index (χ1v) is 7.11. The highest BCUT2D eigenvalue weighted by Crippen LogP contribution is 2.31. The van der Waals surface area contributed by atoms with E-state index >= 15 is 0 Å². The molecule has 2 aromatic rings. The summed E-state index contributed by atoms with van der Waals surface area (Å²) >= 11 is 1.36. The number of nitro benzene ring substituents is 1. The van der Waals surface area contributed by atoms with Gasteiger partial charge in [-0.2, -0.15) is 0 Å². The molecule has 0 bridgehead atoms. The van der Waals surface area contributed by atoms with Crippen LogP contribution >= 0.6 is 11.8 Å². The van der Waals surface area contributed by atoms with Gasteiger partial charge in [0.25, 0.3) is 5.69 Å². The third kappa shape index (κ3) is 4.06. The Hall–Kier alpha value is -2.34. The molecule has 0 aromatic heterocycles. The Kier molecular flexibility index (Phi) is 4.94. The van der Waals surface area contributed by atoms with E-state index in [4.69, 9.17) is 4.74 Å². The molecule has 0 aliphatic carbocycles. The van der Waals surface area contributed by atoms with Crippen LogP contribution in [0.4, 0.5) is 5.69 Å². The molecular formula is C15H13NO4S. The maximum absolute atomic E-state index is 11.8. The van der Waals surface area contributed by atoms with Gasteiger partial charge in [0.05, 0.1) is 17.1 Å². The van der Waals surface area contributed by atoms with Crippen LogP contribution in [0.25, 0.3) is 0 Å². The summed E-state index contributed by atoms with van der Waals surface area (Å²) in [5, 5.41) is 11.0. The second-order valence-electron chi connectivity index (χ2n) is 4.11. The smallest absolute Gasteiger partial charge is 0.338 e. The predicted octanol–water partition coefficient (Wildman–Crippen LogP) is 3.92. The number of esters is 1. The van der Waals surface area contributed by atoms with Gasteiger partial charge in [-0.1, -0.05) is 30.0 Å². The van der Waals surface area contributed by atoms with Crippen molar-refractivity contribution in [3.8, 4) is 0 Å². The minimum Gasteiger partial charge on any atom is -0.462 e. The minimum atomic E-state index is -0.559. The third-order valence-electron chi connectivity index (χ3n) is 2.59. The van der Waals surface area contributed by atoms with Crippen LogP contribution < -0.4 is 0 Å². The Balaban J connectivity index is 2.36. The summed E-state index contributed by atoms with van der Waals surface area (Å²) in [5.41, 5.74) is 0.0588. The number of benzene rings is 2. The number of non-ortho nitro benzene ring substituents is 1. The van der Waals surface area contributed by atoms with Crippen LogP contribution in [0.5, 0.6) is 0 Å². The van der Waals surface area contributed by atoms with E-state index in [1.54, 1.807) is 13.0 Å². The van der Waals surface area contributed by atoms with Crippen LogP contribution in [0.15, 0.2) is 58.3 Å². The number of hydrogen-bond acceptors (Lipinski definition) is 5. The summed E-state index contributed by atoms with van der Waals surface area (Å²) in [6.07, 6.45) is 0. The molecule has 0 unspecified atom stereocenters. The fraction of sp³-hybridized carbons (Fsp3) is 0.133. The van der Waals surface area contributed by atoms with Crippen LogP contribution in [0, 0.1) is 10.1 Å². The van der Waals surface area contributed by atoms with Crippen molar-refractivity contribution in [2.45, 2.75) is 16.7 Å². The van der Waals surface area contributed by atoms with Gasteiger partial charge in [-0.05, 0) is 25.1 Å². The zero-order valence-corrected chi connectivity index (χ0v) is 12.1. The summed E-state index contributed by atoms with van der Waals surface area (Å²) in [5.74, 6) is -0.559. The normalized spacial score (nSPS) is 10.1. The van der Waals surface area contributed by atoms with Crippen molar-refractivity contribution in [3.63, 3.8) is 0 Å². The van der Waals surface area contributed by atoms with Crippen molar-refractivity contribution in [2.75, 3.05) is 6.61 Å². The van der Waals surface area contributed by atoms with E-state index < -0.39 is 10.9 Å². The van der Waals surface area contributed by atoms with Gasteiger partial charge in [0.1, 0.15) is 0 Å². The van der Waals surface area contributed by atoms with Gasteiger partial charge in [0.15, 0.2) is 0 Å². The maximum atomic E-state index is 11.8. The summed E-state index contributed by atoms with van der Waals surface area (Å²) in [6, 6.07) is 13.7. The summed E-state index contributed by atoms with van der Waals surface area (Å²) in [7, 11) is 0. The Morgan fingerprint density at radius 2 is 1.90 bits per heavy atom. The molecule has 108 valence electrons. The van der Waals surface area contributed by atoms with Crippen LogP contribution in [0.2, 0.25) is 0 Å². The van der Waals surface area contributed by atoms with Gasteiger partial charge in [0, 0.05) is 21.9 Å². The van der Waals surface area contributed by atoms with Gasteiger partial charge < -0.3 is 4.74 Å². The lowest BCUT2D eigenvalue weighted by molar-refractivity contribution is -0.385. The molecule has 2 aromatic carbocycles. The van der Waals surface area contributed by atoms with Crippen molar-refractivity contribution in [1.82, 2.24) is 0 Å². The van der Waals surface area contributed by atoms with E-state index in [2.05, 4.69) is 0 Å². The van der Waals surface area contributed by atoms with Gasteiger partial charge >= 0.3 is 5.97 Å². The van der Waals surface area contributed by atoms with Crippen LogP contribution in [-0.4, -0.2) is 17.5 Å². The average Bonchev–Trinajstić information content (AvgIpc) is 2.48. The topological polar surface area (TPSA) is 69.4 Å². The van der Waals surface area contributed by atoms with Crippen LogP contribution in [-0.2, 0) is 4.74 Å². The zero-order chi connectivity index (χ0) is 15.2. The van der Waals surface area contributed by atoms with Crippen LogP contribution in [0.3, 0.4) is 0 Å². The van der Waals surface area contributed by atoms with Crippen molar-refractivity contribution < 1.29 is 14.5 Å². The number of rotatable bonds is 5. The van der Waals surface area contributed by atoms with Crippen molar-refractivity contribution in [2.24, 2.45) is 0 Å². The quantitative estimate of drug-likeness (QED) is 0.475. The zero-order valence-electron chi connectivity index (χ0n) is 11.3. The lowest BCUT2D eigenvalue weighted by Crippen LogP contribution is -2.05. The predicted molar refractivity (Wildman–Crippen MR) is 79.6 cm³/mol. The van der Waals surface area contributed by atoms with E-state index in [1.165, 1.54) is 23.9 Å². The van der Waals surface area contributed by atoms with Gasteiger partial charge in [0.2, 0.25) is 0 Å². The molecule has 2 rings (SSSR count). The molecule has 0 heterocycles. The lowest BCUT2D eigenvalue weighted by Gasteiger charge is -2.06. The number of carbonyl (C=O) groups excluding carboxylic acids is 1. The number of nitrogens with zero attached hydrogens (tertiary/aromatic N) is 1. The molecule has 6 heteroatoms. The van der Waals surface area contributed by atoms with Crippen molar-refractivity contribution in [3.05, 3.63) is 64.2 Å². The van der Waals surface area contributed by atoms with Crippen molar-refractivity contribution >= 4 is 23.4 Å². The molecule has 0 fully saturated rings. The molecular weight excluding hydrogens is 290 g/mol. The van der Waals surface area contributed by atoms with E-state index in [-0.39, 0.29) is 17.9 Å². The summed E-state index contributed by atoms with van der Waals surface area (Å²) in [6.45, 7) is 1.91. The van der Waals surface area contributed by atoms with Crippen LogP contribution in [0.1, 0.15) is 17.3 Å². The molecule has 0 radical (unpaired) electrons. The molecule has 0 spiro atoms. The molecule has 5 nitrogen and oxygen atoms in total. The Morgan fingerprint density at radius 1 is 1.19 bits per heavy atom. The highest BCUT2D eigenvalue weighted by molar-refractivity contribution is 7.99. The largest absolute Gasteiger partial charge is 0.462 e. The van der Waals surface area contributed by atoms with Gasteiger partial charge in [-0.25, -0.2) is 4.79 Å². The van der Waals surface area contributed by atoms with E-state index in [0.29, 0.717) is 4.90 Å². The number of ether oxygens (including phenoxy) is 1. The number of hydrogen-bond donors (Lipinski definition) is 0. The molecule has 0 saturated heterocycles. The van der Waals surface area contributed by atoms with Gasteiger partial charge in [-0.3, -0.25) is 10.1 Å². The first kappa shape index (κ1) is 15.1. The molecule has 0 N–H and O–H groups in total. The first-order chi connectivity index (χ1) is 10.1. The number of carbonyl (C=O) groups is 1. The first-order valence-electron chi connectivity index (χ1n) is 6.29. The van der Waals surface area contributed by atoms with E-state index in [1.807, 2.05) is 30.3 Å². The fourth-order valence-corrected chi connectivity index (χ4v) is 2.64. The Bertz CT molecular complexity index is 658. The molecule has 0 aliphatic heterocycles. The maximum Gasteiger partial charge on any atom is 0.338 e. The molecule has 0 atom stereocenters. The Labute approximate surface area is 126 Å². The number of nitro groups is 1. The molecule has 0 amide bonds. The lowest BCUT2D eigenvalue weighted by atomic mass is 10.2. The second kappa shape index (κ2) is 6.90. The van der Waals surface area contributed by atoms with Crippen molar-refractivity contribution in [1.29, 1.82) is 0 Å². The fourth-order valence-electron chi connectivity index (χ4n) is 1.70. The highest BCUT2D eigenvalue weighted by Gasteiger charge is 2.15. The molecule has 0 saturated carbocycles. The summed E-state index contributed by atoms with van der Waals surface area (Å²) in [4.78, 5) is 23.8. The summed E-state index contributed by atoms with van der Waals surface area (Å²) < 4.78 is 4.90. The monoisotopic (exact) mass is 303 g/mol. The second-order valence-corrected chi connectivity index (χ2v) is 5.26. The average molecular weight is 303 g/mol. The molecule has 21 heavy (non-hydrogen) atoms. The highest BCUT2D eigenvalue weighted by atomic mass is 32.2. The SMILES string of the molecule is CCOC(=O)c1cc(Sc2ccccc2)cc([N+](=O)[O-])c1. The Morgan fingerprint density at radius 3 is 2.52 bits per heavy atom. The molecule has 0 aliphatic rings.